The number of hydrogen-bond donors (Lipinski definition) is 2. The van der Waals surface area contributed by atoms with E-state index < -0.39 is 0 Å². The molecule has 4 N–H and O–H groups in total. The van der Waals surface area contributed by atoms with E-state index >= 15 is 0 Å². The van der Waals surface area contributed by atoms with Crippen LogP contribution in [0.5, 0.6) is 0 Å². The number of aromatic nitrogens is 4. The van der Waals surface area contributed by atoms with Crippen LogP contribution in [0.3, 0.4) is 0 Å². The van der Waals surface area contributed by atoms with Crippen LogP contribution in [0.4, 0.5) is 5.82 Å². The Morgan fingerprint density at radius 3 is 2.93 bits per heavy atom. The highest BCUT2D eigenvalue weighted by molar-refractivity contribution is 5.81. The van der Waals surface area contributed by atoms with Crippen LogP contribution in [-0.2, 0) is 0 Å². The van der Waals surface area contributed by atoms with Gasteiger partial charge < -0.3 is 16.0 Å². The molecule has 0 saturated carbocycles. The van der Waals surface area contributed by atoms with E-state index in [2.05, 4.69) is 15.0 Å². The predicted octanol–water partition coefficient (Wildman–Crippen LogP) is -0.0718. The molecule has 1 unspecified atom stereocenters. The Labute approximate surface area is 81.0 Å². The summed E-state index contributed by atoms with van der Waals surface area (Å²) in [6.45, 7) is 2.54. The number of rotatable bonds is 2. The van der Waals surface area contributed by atoms with E-state index in [0.29, 0.717) is 17.9 Å². The quantitative estimate of drug-likeness (QED) is 0.694. The van der Waals surface area contributed by atoms with Crippen LogP contribution in [0.15, 0.2) is 12.7 Å². The van der Waals surface area contributed by atoms with Crippen LogP contribution in [0, 0.1) is 0 Å². The van der Waals surface area contributed by atoms with Crippen molar-refractivity contribution in [2.24, 2.45) is 5.73 Å². The molecule has 0 saturated heterocycles. The van der Waals surface area contributed by atoms with Gasteiger partial charge in [0, 0.05) is 12.6 Å². The fraction of sp³-hybridized carbons (Fsp3) is 0.375. The van der Waals surface area contributed by atoms with E-state index in [9.17, 15) is 0 Å². The molecule has 74 valence electrons. The second-order valence-corrected chi connectivity index (χ2v) is 3.17. The van der Waals surface area contributed by atoms with Crippen molar-refractivity contribution in [1.82, 2.24) is 19.5 Å². The van der Waals surface area contributed by atoms with Gasteiger partial charge in [0.1, 0.15) is 11.8 Å². The molecule has 2 aromatic heterocycles. The Bertz CT molecular complexity index is 448. The first-order chi connectivity index (χ1) is 6.74. The van der Waals surface area contributed by atoms with Gasteiger partial charge in [-0.2, -0.15) is 0 Å². The maximum absolute atomic E-state index is 5.65. The standard InChI is InChI=1S/C8H12N6/c1-5(2-9)14-4-13-6-7(10)11-3-12-8(6)14/h3-5H,2,9H2,1H3,(H2,10,11,12). The molecule has 2 heterocycles. The Hall–Kier alpha value is -1.69. The Morgan fingerprint density at radius 1 is 1.43 bits per heavy atom. The molecule has 0 aliphatic heterocycles. The van der Waals surface area contributed by atoms with Gasteiger partial charge in [0.2, 0.25) is 0 Å². The van der Waals surface area contributed by atoms with Gasteiger partial charge >= 0.3 is 0 Å². The second-order valence-electron chi connectivity index (χ2n) is 3.17. The SMILES string of the molecule is CC(CN)n1cnc2c(N)ncnc21. The van der Waals surface area contributed by atoms with E-state index in [1.165, 1.54) is 6.33 Å². The largest absolute Gasteiger partial charge is 0.382 e. The van der Waals surface area contributed by atoms with Gasteiger partial charge in [0.25, 0.3) is 0 Å². The van der Waals surface area contributed by atoms with E-state index in [0.717, 1.165) is 5.65 Å². The van der Waals surface area contributed by atoms with E-state index in [4.69, 9.17) is 11.5 Å². The minimum absolute atomic E-state index is 0.161. The lowest BCUT2D eigenvalue weighted by Crippen LogP contribution is -2.15. The maximum Gasteiger partial charge on any atom is 0.165 e. The average molecular weight is 192 g/mol. The first-order valence-corrected chi connectivity index (χ1v) is 4.37. The summed E-state index contributed by atoms with van der Waals surface area (Å²) in [5.41, 5.74) is 12.6. The molecule has 6 heteroatoms. The van der Waals surface area contributed by atoms with Gasteiger partial charge in [0.05, 0.1) is 6.33 Å². The smallest absolute Gasteiger partial charge is 0.165 e. The summed E-state index contributed by atoms with van der Waals surface area (Å²) in [7, 11) is 0. The summed E-state index contributed by atoms with van der Waals surface area (Å²) in [6.07, 6.45) is 3.12. The molecule has 1 atom stereocenters. The Morgan fingerprint density at radius 2 is 2.21 bits per heavy atom. The van der Waals surface area contributed by atoms with Crippen molar-refractivity contribution < 1.29 is 0 Å². The molecule has 2 aromatic rings. The second kappa shape index (κ2) is 3.22. The van der Waals surface area contributed by atoms with E-state index in [-0.39, 0.29) is 6.04 Å². The predicted molar refractivity (Wildman–Crippen MR) is 53.5 cm³/mol. The number of hydrogen-bond acceptors (Lipinski definition) is 5. The van der Waals surface area contributed by atoms with Crippen molar-refractivity contribution in [1.29, 1.82) is 0 Å². The molecule has 0 aliphatic rings. The summed E-state index contributed by atoms with van der Waals surface area (Å²) >= 11 is 0. The minimum Gasteiger partial charge on any atom is -0.382 e. The van der Waals surface area contributed by atoms with Crippen LogP contribution < -0.4 is 11.5 Å². The van der Waals surface area contributed by atoms with Crippen molar-refractivity contribution in [2.45, 2.75) is 13.0 Å². The number of imidazole rings is 1. The summed E-state index contributed by atoms with van der Waals surface area (Å²) in [4.78, 5) is 12.1. The third kappa shape index (κ3) is 1.20. The number of nitrogen functional groups attached to an aromatic ring is 1. The number of fused-ring (bicyclic) bond motifs is 1. The van der Waals surface area contributed by atoms with Crippen molar-refractivity contribution >= 4 is 17.0 Å². The van der Waals surface area contributed by atoms with Gasteiger partial charge in [-0.05, 0) is 6.92 Å². The highest BCUT2D eigenvalue weighted by Crippen LogP contribution is 2.17. The van der Waals surface area contributed by atoms with Crippen molar-refractivity contribution in [3.63, 3.8) is 0 Å². The fourth-order valence-electron chi connectivity index (χ4n) is 1.31. The number of anilines is 1. The maximum atomic E-state index is 5.65. The highest BCUT2D eigenvalue weighted by atomic mass is 15.1. The summed E-state index contributed by atoms with van der Waals surface area (Å²) < 4.78 is 1.90. The molecular formula is C8H12N6. The van der Waals surface area contributed by atoms with Gasteiger partial charge in [0.15, 0.2) is 11.5 Å². The monoisotopic (exact) mass is 192 g/mol. The molecule has 6 nitrogen and oxygen atoms in total. The highest BCUT2D eigenvalue weighted by Gasteiger charge is 2.10. The van der Waals surface area contributed by atoms with Crippen LogP contribution in [0.1, 0.15) is 13.0 Å². The lowest BCUT2D eigenvalue weighted by Gasteiger charge is -2.10. The Balaban J connectivity index is 2.63. The van der Waals surface area contributed by atoms with E-state index in [1.807, 2.05) is 11.5 Å². The molecule has 14 heavy (non-hydrogen) atoms. The molecule has 0 aliphatic carbocycles. The molecule has 0 amide bonds. The molecule has 2 rings (SSSR count). The molecule has 0 radical (unpaired) electrons. The molecule has 0 bridgehead atoms. The zero-order chi connectivity index (χ0) is 10.1. The molecule has 0 fully saturated rings. The summed E-state index contributed by atoms with van der Waals surface area (Å²) in [5, 5.41) is 0. The molecule has 0 aromatic carbocycles. The fourth-order valence-corrected chi connectivity index (χ4v) is 1.31. The first kappa shape index (κ1) is 8.89. The minimum atomic E-state index is 0.161. The average Bonchev–Trinajstić information content (AvgIpc) is 2.62. The van der Waals surface area contributed by atoms with Gasteiger partial charge in [-0.25, -0.2) is 15.0 Å². The summed E-state index contributed by atoms with van der Waals surface area (Å²) in [5.74, 6) is 0.401. The van der Waals surface area contributed by atoms with Crippen molar-refractivity contribution in [2.75, 3.05) is 12.3 Å². The number of nitrogens with two attached hydrogens (primary N) is 2. The topological polar surface area (TPSA) is 95.6 Å². The first-order valence-electron chi connectivity index (χ1n) is 4.37. The van der Waals surface area contributed by atoms with Crippen LogP contribution in [-0.4, -0.2) is 26.1 Å². The van der Waals surface area contributed by atoms with E-state index in [1.54, 1.807) is 6.33 Å². The molecule has 0 spiro atoms. The van der Waals surface area contributed by atoms with Crippen molar-refractivity contribution in [3.8, 4) is 0 Å². The van der Waals surface area contributed by atoms with Crippen LogP contribution >= 0.6 is 0 Å². The Kier molecular flexibility index (Phi) is 2.05. The van der Waals surface area contributed by atoms with Gasteiger partial charge in [-0.3, -0.25) is 0 Å². The van der Waals surface area contributed by atoms with Crippen LogP contribution in [0.25, 0.3) is 11.2 Å². The zero-order valence-electron chi connectivity index (χ0n) is 7.88. The third-order valence-corrected chi connectivity index (χ3v) is 2.20. The lowest BCUT2D eigenvalue weighted by molar-refractivity contribution is 0.569. The van der Waals surface area contributed by atoms with Gasteiger partial charge in [-0.1, -0.05) is 0 Å². The molecular weight excluding hydrogens is 180 g/mol. The lowest BCUT2D eigenvalue weighted by atomic mass is 10.3. The van der Waals surface area contributed by atoms with Crippen molar-refractivity contribution in [3.05, 3.63) is 12.7 Å². The zero-order valence-corrected chi connectivity index (χ0v) is 7.88. The summed E-state index contributed by atoms with van der Waals surface area (Å²) in [6, 6.07) is 0.161. The van der Waals surface area contributed by atoms with Crippen LogP contribution in [0.2, 0.25) is 0 Å². The number of nitrogens with zero attached hydrogens (tertiary/aromatic N) is 4. The third-order valence-electron chi connectivity index (χ3n) is 2.20. The van der Waals surface area contributed by atoms with Gasteiger partial charge in [-0.15, -0.1) is 0 Å². The normalized spacial score (nSPS) is 13.3.